The van der Waals surface area contributed by atoms with E-state index in [4.69, 9.17) is 0 Å². The largest absolute Gasteiger partial charge is 0.383 e. The molecule has 94 valence electrons. The summed E-state index contributed by atoms with van der Waals surface area (Å²) in [5.41, 5.74) is -1.34. The average molecular weight is 249 g/mol. The number of aldehydes is 1. The van der Waals surface area contributed by atoms with Crippen molar-refractivity contribution >= 4 is 16.3 Å². The molecule has 0 aromatic heterocycles. The van der Waals surface area contributed by atoms with Crippen molar-refractivity contribution in [3.63, 3.8) is 0 Å². The van der Waals surface area contributed by atoms with E-state index in [0.717, 1.165) is 12.8 Å². The molecule has 1 heterocycles. The van der Waals surface area contributed by atoms with Gasteiger partial charge in [-0.3, -0.25) is 0 Å². The second kappa shape index (κ2) is 4.81. The van der Waals surface area contributed by atoms with Crippen molar-refractivity contribution in [3.05, 3.63) is 0 Å². The van der Waals surface area contributed by atoms with Crippen LogP contribution in [0.3, 0.4) is 0 Å². The van der Waals surface area contributed by atoms with Crippen molar-refractivity contribution < 1.29 is 18.3 Å². The summed E-state index contributed by atoms with van der Waals surface area (Å²) in [5, 5.41) is 9.63. The molecule has 0 spiro atoms. The molecule has 0 aliphatic carbocycles. The molecule has 0 aromatic carbocycles. The van der Waals surface area contributed by atoms with Gasteiger partial charge in [0, 0.05) is 13.1 Å². The summed E-state index contributed by atoms with van der Waals surface area (Å²) < 4.78 is 24.1. The molecule has 2 unspecified atom stereocenters. The second-order valence-corrected chi connectivity index (χ2v) is 6.79. The summed E-state index contributed by atoms with van der Waals surface area (Å²) in [6, 6.07) is 0. The van der Waals surface area contributed by atoms with E-state index in [-0.39, 0.29) is 5.92 Å². The van der Waals surface area contributed by atoms with E-state index >= 15 is 0 Å². The van der Waals surface area contributed by atoms with Crippen molar-refractivity contribution in [3.8, 4) is 0 Å². The van der Waals surface area contributed by atoms with Crippen LogP contribution in [0.4, 0.5) is 0 Å². The van der Waals surface area contributed by atoms with E-state index in [1.165, 1.54) is 17.5 Å². The van der Waals surface area contributed by atoms with Crippen LogP contribution in [0, 0.1) is 5.92 Å². The summed E-state index contributed by atoms with van der Waals surface area (Å²) >= 11 is 0. The Labute approximate surface area is 96.5 Å². The van der Waals surface area contributed by atoms with Crippen LogP contribution in [0.5, 0.6) is 0 Å². The highest BCUT2D eigenvalue weighted by Gasteiger charge is 2.31. The van der Waals surface area contributed by atoms with Crippen molar-refractivity contribution in [2.24, 2.45) is 5.92 Å². The molecule has 16 heavy (non-hydrogen) atoms. The van der Waals surface area contributed by atoms with Gasteiger partial charge in [0.15, 0.2) is 6.29 Å². The number of rotatable bonds is 4. The predicted molar refractivity (Wildman–Crippen MR) is 60.4 cm³/mol. The van der Waals surface area contributed by atoms with Crippen LogP contribution in [0.15, 0.2) is 0 Å². The molecule has 1 aliphatic heterocycles. The third-order valence-electron chi connectivity index (χ3n) is 2.91. The summed E-state index contributed by atoms with van der Waals surface area (Å²) in [6.07, 6.45) is 3.67. The lowest BCUT2D eigenvalue weighted by Gasteiger charge is -2.33. The van der Waals surface area contributed by atoms with E-state index in [1.54, 1.807) is 0 Å². The molecule has 6 heteroatoms. The number of piperidine rings is 1. The Kier molecular flexibility index (Phi) is 4.09. The minimum absolute atomic E-state index is 0.0590. The highest BCUT2D eigenvalue weighted by molar-refractivity contribution is 7.88. The standard InChI is InChI=1S/C10H19NO4S/c1-10(13,8-12)6-9-4-3-5-11(7-9)16(2,14)15/h8-9,13H,3-7H2,1-2H3. The van der Waals surface area contributed by atoms with Gasteiger partial charge in [-0.1, -0.05) is 0 Å². The van der Waals surface area contributed by atoms with E-state index in [2.05, 4.69) is 0 Å². The van der Waals surface area contributed by atoms with Crippen molar-refractivity contribution in [1.29, 1.82) is 0 Å². The summed E-state index contributed by atoms with van der Waals surface area (Å²) in [6.45, 7) is 2.40. The number of hydrogen-bond donors (Lipinski definition) is 1. The zero-order valence-corrected chi connectivity index (χ0v) is 10.5. The lowest BCUT2D eigenvalue weighted by Crippen LogP contribution is -2.42. The highest BCUT2D eigenvalue weighted by atomic mass is 32.2. The van der Waals surface area contributed by atoms with Crippen LogP contribution in [0.25, 0.3) is 0 Å². The van der Waals surface area contributed by atoms with Gasteiger partial charge >= 0.3 is 0 Å². The zero-order chi connectivity index (χ0) is 12.4. The SMILES string of the molecule is CC(O)(C=O)CC1CCCN(S(C)(=O)=O)C1. The minimum Gasteiger partial charge on any atom is -0.383 e. The topological polar surface area (TPSA) is 74.7 Å². The lowest BCUT2D eigenvalue weighted by atomic mass is 9.88. The van der Waals surface area contributed by atoms with E-state index in [9.17, 15) is 18.3 Å². The summed E-state index contributed by atoms with van der Waals surface area (Å²) in [5.74, 6) is 0.0590. The number of hydrogen-bond acceptors (Lipinski definition) is 4. The third-order valence-corrected chi connectivity index (χ3v) is 4.18. The molecule has 0 aromatic rings. The summed E-state index contributed by atoms with van der Waals surface area (Å²) in [7, 11) is -3.16. The minimum atomic E-state index is -3.16. The molecule has 1 saturated heterocycles. The van der Waals surface area contributed by atoms with Crippen LogP contribution in [-0.2, 0) is 14.8 Å². The molecule has 0 amide bonds. The maximum absolute atomic E-state index is 11.4. The number of carbonyl (C=O) groups excluding carboxylic acids is 1. The van der Waals surface area contributed by atoms with Gasteiger partial charge < -0.3 is 9.90 Å². The molecule has 0 bridgehead atoms. The number of carbonyl (C=O) groups is 1. The fourth-order valence-electron chi connectivity index (χ4n) is 2.13. The Balaban J connectivity index is 2.61. The van der Waals surface area contributed by atoms with E-state index in [0.29, 0.717) is 25.8 Å². The molecular weight excluding hydrogens is 230 g/mol. The summed E-state index contributed by atoms with van der Waals surface area (Å²) in [4.78, 5) is 10.6. The first-order chi connectivity index (χ1) is 7.24. The van der Waals surface area contributed by atoms with Gasteiger partial charge in [-0.25, -0.2) is 12.7 Å². The number of aliphatic hydroxyl groups is 1. The van der Waals surface area contributed by atoms with Gasteiger partial charge in [-0.15, -0.1) is 0 Å². The molecule has 1 fully saturated rings. The quantitative estimate of drug-likeness (QED) is 0.712. The molecule has 0 saturated carbocycles. The van der Waals surface area contributed by atoms with Gasteiger partial charge in [-0.2, -0.15) is 0 Å². The lowest BCUT2D eigenvalue weighted by molar-refractivity contribution is -0.124. The number of sulfonamides is 1. The maximum atomic E-state index is 11.4. The van der Waals surface area contributed by atoms with Crippen LogP contribution in [0.1, 0.15) is 26.2 Å². The Morgan fingerprint density at radius 2 is 2.19 bits per heavy atom. The van der Waals surface area contributed by atoms with E-state index in [1.807, 2.05) is 0 Å². The Hall–Kier alpha value is -0.460. The van der Waals surface area contributed by atoms with E-state index < -0.39 is 15.6 Å². The number of nitrogens with zero attached hydrogens (tertiary/aromatic N) is 1. The Morgan fingerprint density at radius 1 is 1.56 bits per heavy atom. The molecular formula is C10H19NO4S. The average Bonchev–Trinajstić information content (AvgIpc) is 2.16. The molecule has 1 N–H and O–H groups in total. The van der Waals surface area contributed by atoms with Crippen molar-refractivity contribution in [2.45, 2.75) is 31.8 Å². The third kappa shape index (κ3) is 3.84. The first-order valence-corrected chi connectivity index (χ1v) is 7.23. The molecule has 1 aliphatic rings. The Bertz CT molecular complexity index is 350. The second-order valence-electron chi connectivity index (χ2n) is 4.81. The Morgan fingerprint density at radius 3 is 2.69 bits per heavy atom. The van der Waals surface area contributed by atoms with Crippen LogP contribution in [0.2, 0.25) is 0 Å². The molecule has 0 radical (unpaired) electrons. The monoisotopic (exact) mass is 249 g/mol. The van der Waals surface area contributed by atoms with Crippen LogP contribution >= 0.6 is 0 Å². The predicted octanol–water partition coefficient (Wildman–Crippen LogP) is -0.00200. The van der Waals surface area contributed by atoms with Crippen molar-refractivity contribution in [2.75, 3.05) is 19.3 Å². The fourth-order valence-corrected chi connectivity index (χ4v) is 3.07. The molecule has 5 nitrogen and oxygen atoms in total. The first-order valence-electron chi connectivity index (χ1n) is 5.38. The van der Waals surface area contributed by atoms with Gasteiger partial charge in [0.2, 0.25) is 10.0 Å². The van der Waals surface area contributed by atoms with Gasteiger partial charge in [0.05, 0.1) is 6.26 Å². The van der Waals surface area contributed by atoms with Crippen molar-refractivity contribution in [1.82, 2.24) is 4.31 Å². The maximum Gasteiger partial charge on any atom is 0.211 e. The zero-order valence-electron chi connectivity index (χ0n) is 9.72. The van der Waals surface area contributed by atoms with Crippen LogP contribution < -0.4 is 0 Å². The van der Waals surface area contributed by atoms with Gasteiger partial charge in [0.25, 0.3) is 0 Å². The molecule has 1 rings (SSSR count). The van der Waals surface area contributed by atoms with Gasteiger partial charge in [-0.05, 0) is 32.1 Å². The smallest absolute Gasteiger partial charge is 0.211 e. The normalized spacial score (nSPS) is 27.3. The highest BCUT2D eigenvalue weighted by Crippen LogP contribution is 2.25. The van der Waals surface area contributed by atoms with Gasteiger partial charge in [0.1, 0.15) is 5.60 Å². The van der Waals surface area contributed by atoms with Crippen LogP contribution in [-0.4, -0.2) is 49.1 Å². The molecule has 2 atom stereocenters. The first kappa shape index (κ1) is 13.6. The fraction of sp³-hybridized carbons (Fsp3) is 0.900.